The molecule has 64 heavy (non-hydrogen) atoms. The fourth-order valence-corrected chi connectivity index (χ4v) is 14.0. The molecule has 0 aliphatic heterocycles. The van der Waals surface area contributed by atoms with Crippen molar-refractivity contribution >= 4 is 48.6 Å². The highest BCUT2D eigenvalue weighted by Gasteiger charge is 2.54. The number of benzene rings is 10. The van der Waals surface area contributed by atoms with Crippen molar-refractivity contribution in [2.24, 2.45) is 0 Å². The highest BCUT2D eigenvalue weighted by atomic mass is 32.1. The van der Waals surface area contributed by atoms with Crippen molar-refractivity contribution in [3.63, 3.8) is 0 Å². The minimum absolute atomic E-state index is 0.457. The summed E-state index contributed by atoms with van der Waals surface area (Å²) < 4.78 is 2.61. The Bertz CT molecular complexity index is 3540. The summed E-state index contributed by atoms with van der Waals surface area (Å²) in [7, 11) is 0. The number of hydrogen-bond donors (Lipinski definition) is 0. The summed E-state index contributed by atoms with van der Waals surface area (Å²) in [6.45, 7) is 0. The second-order valence-corrected chi connectivity index (χ2v) is 18.9. The van der Waals surface area contributed by atoms with Gasteiger partial charge in [0.15, 0.2) is 0 Å². The molecular weight excluding hydrogens is 791 g/mol. The zero-order chi connectivity index (χ0) is 41.7. The van der Waals surface area contributed by atoms with Crippen LogP contribution in [0, 0.1) is 0 Å². The van der Waals surface area contributed by atoms with Gasteiger partial charge in [0.2, 0.25) is 0 Å². The predicted octanol–water partition coefficient (Wildman–Crippen LogP) is 16.2. The van der Waals surface area contributed by atoms with Gasteiger partial charge >= 0.3 is 0 Å². The zero-order valence-corrected chi connectivity index (χ0v) is 35.5. The number of fused-ring (bicyclic) bond motifs is 23. The Balaban J connectivity index is 1.08. The number of anilines is 3. The summed E-state index contributed by atoms with van der Waals surface area (Å²) >= 11 is 1.88. The summed E-state index contributed by atoms with van der Waals surface area (Å²) in [6.07, 6.45) is 0. The van der Waals surface area contributed by atoms with E-state index in [1.807, 2.05) is 11.3 Å². The van der Waals surface area contributed by atoms with Gasteiger partial charge in [-0.1, -0.05) is 188 Å². The molecule has 0 saturated carbocycles. The molecule has 4 aliphatic carbocycles. The van der Waals surface area contributed by atoms with Crippen LogP contribution in [0.2, 0.25) is 0 Å². The lowest BCUT2D eigenvalue weighted by Gasteiger charge is -2.33. The molecule has 0 bridgehead atoms. The Labute approximate surface area is 375 Å². The predicted molar refractivity (Wildman–Crippen MR) is 267 cm³/mol. The van der Waals surface area contributed by atoms with Crippen molar-refractivity contribution in [2.45, 2.75) is 10.8 Å². The molecule has 2 heteroatoms. The topological polar surface area (TPSA) is 3.24 Å². The summed E-state index contributed by atoms with van der Waals surface area (Å²) in [5.74, 6) is 0. The summed E-state index contributed by atoms with van der Waals surface area (Å²) in [4.78, 5) is 2.62. The highest BCUT2D eigenvalue weighted by Crippen LogP contribution is 2.67. The molecule has 1 nitrogen and oxygen atoms in total. The molecule has 0 fully saturated rings. The molecule has 0 saturated heterocycles. The average Bonchev–Trinajstić information content (AvgIpc) is 4.13. The van der Waals surface area contributed by atoms with Crippen LogP contribution in [-0.2, 0) is 10.8 Å². The van der Waals surface area contributed by atoms with Crippen molar-refractivity contribution in [3.05, 3.63) is 269 Å². The van der Waals surface area contributed by atoms with Crippen LogP contribution >= 0.6 is 11.3 Å². The molecule has 11 aromatic rings. The molecule has 1 aromatic heterocycles. The molecule has 15 rings (SSSR count). The van der Waals surface area contributed by atoms with E-state index in [9.17, 15) is 0 Å². The summed E-state index contributed by atoms with van der Waals surface area (Å²) in [5.41, 5.74) is 23.8. The first-order valence-electron chi connectivity index (χ1n) is 22.3. The quantitative estimate of drug-likeness (QED) is 0.171. The van der Waals surface area contributed by atoms with Gasteiger partial charge in [-0.25, -0.2) is 0 Å². The van der Waals surface area contributed by atoms with Gasteiger partial charge in [0.1, 0.15) is 0 Å². The van der Waals surface area contributed by atoms with Crippen molar-refractivity contribution in [1.29, 1.82) is 0 Å². The van der Waals surface area contributed by atoms with Crippen molar-refractivity contribution in [2.75, 3.05) is 4.90 Å². The second-order valence-electron chi connectivity index (χ2n) is 17.8. The maximum Gasteiger partial charge on any atom is 0.0726 e. The van der Waals surface area contributed by atoms with Crippen LogP contribution in [0.15, 0.2) is 224 Å². The van der Waals surface area contributed by atoms with Crippen LogP contribution in [0.4, 0.5) is 17.1 Å². The average molecular weight is 828 g/mol. The van der Waals surface area contributed by atoms with E-state index < -0.39 is 10.8 Å². The van der Waals surface area contributed by atoms with E-state index in [-0.39, 0.29) is 0 Å². The number of hydrogen-bond acceptors (Lipinski definition) is 2. The van der Waals surface area contributed by atoms with Crippen LogP contribution in [0.3, 0.4) is 0 Å². The third kappa shape index (κ3) is 4.07. The number of thiophene rings is 1. The van der Waals surface area contributed by atoms with E-state index in [1.165, 1.54) is 121 Å². The molecule has 0 atom stereocenters. The fraction of sp³-hybridized carbons (Fsp3) is 0.0323. The second kappa shape index (κ2) is 12.4. The van der Waals surface area contributed by atoms with Gasteiger partial charge < -0.3 is 4.90 Å². The Morgan fingerprint density at radius 1 is 0.281 bits per heavy atom. The lowest BCUT2D eigenvalue weighted by atomic mass is 9.70. The summed E-state index contributed by atoms with van der Waals surface area (Å²) in [5, 5.41) is 2.59. The maximum absolute atomic E-state index is 2.62. The molecule has 4 aliphatic rings. The van der Waals surface area contributed by atoms with Gasteiger partial charge in [-0.3, -0.25) is 0 Å². The zero-order valence-electron chi connectivity index (χ0n) is 34.7. The molecule has 0 amide bonds. The van der Waals surface area contributed by atoms with E-state index >= 15 is 0 Å². The summed E-state index contributed by atoms with van der Waals surface area (Å²) in [6, 6.07) is 85.2. The Morgan fingerprint density at radius 2 is 0.641 bits per heavy atom. The molecule has 0 radical (unpaired) electrons. The molecule has 0 unspecified atom stereocenters. The molecule has 2 spiro atoms. The normalized spacial score (nSPS) is 14.5. The van der Waals surface area contributed by atoms with Crippen LogP contribution in [0.1, 0.15) is 44.5 Å². The van der Waals surface area contributed by atoms with Gasteiger partial charge in [0.05, 0.1) is 22.2 Å². The smallest absolute Gasteiger partial charge is 0.0726 e. The first-order valence-corrected chi connectivity index (χ1v) is 23.2. The van der Waals surface area contributed by atoms with E-state index in [2.05, 4.69) is 229 Å². The van der Waals surface area contributed by atoms with Crippen LogP contribution < -0.4 is 4.90 Å². The largest absolute Gasteiger partial charge is 0.309 e. The minimum Gasteiger partial charge on any atom is -0.309 e. The first-order chi connectivity index (χ1) is 31.8. The van der Waals surface area contributed by atoms with Gasteiger partial charge in [-0.05, 0) is 114 Å². The lowest BCUT2D eigenvalue weighted by molar-refractivity contribution is 0.793. The third-order valence-corrected chi connectivity index (χ3v) is 16.3. The van der Waals surface area contributed by atoms with Gasteiger partial charge in [-0.2, -0.15) is 0 Å². The first kappa shape index (κ1) is 34.8. The minimum atomic E-state index is -0.457. The van der Waals surface area contributed by atoms with E-state index in [4.69, 9.17) is 0 Å². The van der Waals surface area contributed by atoms with E-state index in [0.717, 1.165) is 5.69 Å². The standard InChI is InChI=1S/C62H37NS/c1-8-24-47-39(17-1)40-18-2-9-25-48(40)61(47)51-28-12-5-22-44(51)59-53(61)30-15-32-55(59)63(38-35-36-58-46(37-38)43-21-7-14-34-57(43)64-58)56-33-16-31-54-60(56)45-23-6-13-29-52(45)62(54)49-26-10-3-19-41(49)42-20-4-11-27-50(42)62/h1-37H. The van der Waals surface area contributed by atoms with Crippen molar-refractivity contribution in [3.8, 4) is 44.5 Å². The maximum atomic E-state index is 2.62. The molecule has 0 N–H and O–H groups in total. The Morgan fingerprint density at radius 3 is 1.11 bits per heavy atom. The monoisotopic (exact) mass is 827 g/mol. The molecule has 1 heterocycles. The fourth-order valence-electron chi connectivity index (χ4n) is 12.9. The third-order valence-electron chi connectivity index (χ3n) is 15.1. The van der Waals surface area contributed by atoms with E-state index in [0.29, 0.717) is 0 Å². The van der Waals surface area contributed by atoms with Crippen molar-refractivity contribution < 1.29 is 0 Å². The Hall–Kier alpha value is -7.78. The van der Waals surface area contributed by atoms with Crippen molar-refractivity contribution in [1.82, 2.24) is 0 Å². The molecule has 10 aromatic carbocycles. The molecular formula is C62H37NS. The Kier molecular flexibility index (Phi) is 6.76. The highest BCUT2D eigenvalue weighted by molar-refractivity contribution is 7.25. The van der Waals surface area contributed by atoms with Gasteiger partial charge in [-0.15, -0.1) is 11.3 Å². The number of rotatable bonds is 3. The number of nitrogens with zero attached hydrogens (tertiary/aromatic N) is 1. The van der Waals surface area contributed by atoms with Gasteiger partial charge in [0, 0.05) is 37.0 Å². The SMILES string of the molecule is c1ccc2c(c1)-c1ccccc1C21c2ccccc2-c2c(N(c3ccc4sc5ccccc5c4c3)c3cccc4c3-c3ccccc3C43c4ccccc4-c4ccccc43)cccc21. The van der Waals surface area contributed by atoms with E-state index in [1.54, 1.807) is 0 Å². The molecule has 296 valence electrons. The van der Waals surface area contributed by atoms with Gasteiger partial charge in [0.25, 0.3) is 0 Å². The lowest BCUT2D eigenvalue weighted by Crippen LogP contribution is -2.26. The van der Waals surface area contributed by atoms with Crippen LogP contribution in [-0.4, -0.2) is 0 Å². The van der Waals surface area contributed by atoms with Crippen LogP contribution in [0.5, 0.6) is 0 Å². The van der Waals surface area contributed by atoms with Crippen LogP contribution in [0.25, 0.3) is 64.7 Å².